The smallest absolute Gasteiger partial charge is 0.191 e. The van der Waals surface area contributed by atoms with Gasteiger partial charge in [0.25, 0.3) is 0 Å². The standard InChI is InChI=1S/C19H27N5S/c1-15-5-4-6-16(13-15)19(2,3)14-22-17(20)23-8-10-24(11-9-23)18-21-7-12-25-18/h4-7,12-13H,8-11,14H2,1-3H3,(H2,20,22). The molecule has 1 aliphatic heterocycles. The molecule has 2 heterocycles. The first-order chi connectivity index (χ1) is 12.0. The van der Waals surface area contributed by atoms with Crippen LogP contribution >= 0.6 is 11.3 Å². The first kappa shape index (κ1) is 17.7. The van der Waals surface area contributed by atoms with E-state index in [-0.39, 0.29) is 5.41 Å². The molecule has 1 fully saturated rings. The highest BCUT2D eigenvalue weighted by molar-refractivity contribution is 7.13. The molecule has 0 bridgehead atoms. The lowest BCUT2D eigenvalue weighted by molar-refractivity contribution is 0.378. The van der Waals surface area contributed by atoms with Gasteiger partial charge in [-0.1, -0.05) is 43.7 Å². The normalized spacial score (nSPS) is 16.4. The van der Waals surface area contributed by atoms with Gasteiger partial charge in [0.1, 0.15) is 0 Å². The van der Waals surface area contributed by atoms with Crippen LogP contribution in [0, 0.1) is 6.92 Å². The molecule has 3 rings (SSSR count). The minimum Gasteiger partial charge on any atom is -0.370 e. The SMILES string of the molecule is Cc1cccc(C(C)(C)CN=C(N)N2CCN(c3nccs3)CC2)c1. The zero-order valence-corrected chi connectivity index (χ0v) is 16.1. The maximum atomic E-state index is 6.27. The van der Waals surface area contributed by atoms with Gasteiger partial charge in [-0.3, -0.25) is 4.99 Å². The van der Waals surface area contributed by atoms with Gasteiger partial charge in [0.05, 0.1) is 6.54 Å². The Balaban J connectivity index is 1.58. The summed E-state index contributed by atoms with van der Waals surface area (Å²) in [4.78, 5) is 13.6. The molecule has 0 amide bonds. The molecule has 2 aromatic rings. The molecular formula is C19H27N5S. The average molecular weight is 358 g/mol. The fourth-order valence-corrected chi connectivity index (χ4v) is 3.73. The molecule has 0 spiro atoms. The van der Waals surface area contributed by atoms with Crippen molar-refractivity contribution in [3.05, 3.63) is 47.0 Å². The van der Waals surface area contributed by atoms with Crippen molar-refractivity contribution >= 4 is 22.4 Å². The second-order valence-corrected chi connectivity index (χ2v) is 8.09. The molecule has 134 valence electrons. The fourth-order valence-electron chi connectivity index (χ4n) is 3.03. The zero-order valence-electron chi connectivity index (χ0n) is 15.3. The third-order valence-corrected chi connectivity index (χ3v) is 5.56. The molecule has 1 aliphatic rings. The van der Waals surface area contributed by atoms with Crippen LogP contribution in [-0.4, -0.2) is 48.6 Å². The molecular weight excluding hydrogens is 330 g/mol. The average Bonchev–Trinajstić information content (AvgIpc) is 3.14. The second kappa shape index (κ2) is 7.44. The van der Waals surface area contributed by atoms with Crippen LogP contribution in [0.3, 0.4) is 0 Å². The van der Waals surface area contributed by atoms with Crippen molar-refractivity contribution in [3.63, 3.8) is 0 Å². The van der Waals surface area contributed by atoms with Crippen molar-refractivity contribution in [2.24, 2.45) is 10.7 Å². The summed E-state index contributed by atoms with van der Waals surface area (Å²) in [5, 5.41) is 3.11. The van der Waals surface area contributed by atoms with E-state index in [4.69, 9.17) is 10.7 Å². The van der Waals surface area contributed by atoms with Crippen molar-refractivity contribution < 1.29 is 0 Å². The molecule has 2 N–H and O–H groups in total. The number of nitrogens with two attached hydrogens (primary N) is 1. The number of anilines is 1. The van der Waals surface area contributed by atoms with Crippen LogP contribution in [0.5, 0.6) is 0 Å². The van der Waals surface area contributed by atoms with Gasteiger partial charge >= 0.3 is 0 Å². The Morgan fingerprint density at radius 2 is 2.04 bits per heavy atom. The van der Waals surface area contributed by atoms with E-state index >= 15 is 0 Å². The number of hydrogen-bond donors (Lipinski definition) is 1. The lowest BCUT2D eigenvalue weighted by Gasteiger charge is -2.35. The number of rotatable bonds is 4. The monoisotopic (exact) mass is 357 g/mol. The number of hydrogen-bond acceptors (Lipinski definition) is 4. The predicted octanol–water partition coefficient (Wildman–Crippen LogP) is 2.87. The molecule has 1 saturated heterocycles. The van der Waals surface area contributed by atoms with Gasteiger partial charge in [0.15, 0.2) is 11.1 Å². The first-order valence-corrected chi connectivity index (χ1v) is 9.60. The van der Waals surface area contributed by atoms with Gasteiger partial charge < -0.3 is 15.5 Å². The van der Waals surface area contributed by atoms with E-state index in [0.29, 0.717) is 12.5 Å². The molecule has 0 radical (unpaired) electrons. The minimum atomic E-state index is -0.0284. The molecule has 0 aliphatic carbocycles. The summed E-state index contributed by atoms with van der Waals surface area (Å²) in [6.07, 6.45) is 1.86. The van der Waals surface area contributed by atoms with Gasteiger partial charge in [-0.25, -0.2) is 4.98 Å². The van der Waals surface area contributed by atoms with Gasteiger partial charge in [0.2, 0.25) is 0 Å². The van der Waals surface area contributed by atoms with E-state index in [2.05, 4.69) is 59.8 Å². The van der Waals surface area contributed by atoms with Crippen molar-refractivity contribution in [3.8, 4) is 0 Å². The summed E-state index contributed by atoms with van der Waals surface area (Å²) in [5.74, 6) is 0.652. The summed E-state index contributed by atoms with van der Waals surface area (Å²) in [6.45, 7) is 10.9. The third-order valence-electron chi connectivity index (χ3n) is 4.73. The molecule has 0 atom stereocenters. The largest absolute Gasteiger partial charge is 0.370 e. The highest BCUT2D eigenvalue weighted by atomic mass is 32.1. The van der Waals surface area contributed by atoms with Gasteiger partial charge in [-0.05, 0) is 12.5 Å². The predicted molar refractivity (Wildman–Crippen MR) is 107 cm³/mol. The minimum absolute atomic E-state index is 0.0284. The summed E-state index contributed by atoms with van der Waals surface area (Å²) in [7, 11) is 0. The quantitative estimate of drug-likeness (QED) is 0.675. The molecule has 25 heavy (non-hydrogen) atoms. The van der Waals surface area contributed by atoms with E-state index in [1.165, 1.54) is 11.1 Å². The van der Waals surface area contributed by atoms with Gasteiger partial charge in [-0.2, -0.15) is 0 Å². The first-order valence-electron chi connectivity index (χ1n) is 8.72. The van der Waals surface area contributed by atoms with E-state index in [9.17, 15) is 0 Å². The Morgan fingerprint density at radius 1 is 1.28 bits per heavy atom. The van der Waals surface area contributed by atoms with Crippen LogP contribution in [0.15, 0.2) is 40.8 Å². The molecule has 6 heteroatoms. The molecule has 0 unspecified atom stereocenters. The van der Waals surface area contributed by atoms with E-state index < -0.39 is 0 Å². The van der Waals surface area contributed by atoms with Crippen LogP contribution in [0.1, 0.15) is 25.0 Å². The summed E-state index contributed by atoms with van der Waals surface area (Å²) in [6, 6.07) is 8.64. The Morgan fingerprint density at radius 3 is 2.68 bits per heavy atom. The Hall–Kier alpha value is -2.08. The summed E-state index contributed by atoms with van der Waals surface area (Å²) in [5.41, 5.74) is 8.83. The number of piperazine rings is 1. The summed E-state index contributed by atoms with van der Waals surface area (Å²) >= 11 is 1.69. The molecule has 0 saturated carbocycles. The number of aliphatic imine (C=N–C) groups is 1. The zero-order chi connectivity index (χ0) is 17.9. The van der Waals surface area contributed by atoms with E-state index in [1.807, 2.05) is 11.6 Å². The van der Waals surface area contributed by atoms with Gasteiger partial charge in [0, 0.05) is 43.2 Å². The van der Waals surface area contributed by atoms with Crippen molar-refractivity contribution in [1.29, 1.82) is 0 Å². The number of nitrogens with zero attached hydrogens (tertiary/aromatic N) is 4. The molecule has 1 aromatic carbocycles. The van der Waals surface area contributed by atoms with Crippen LogP contribution in [0.2, 0.25) is 0 Å². The third kappa shape index (κ3) is 4.31. The maximum absolute atomic E-state index is 6.27. The van der Waals surface area contributed by atoms with Crippen molar-refractivity contribution in [2.75, 3.05) is 37.6 Å². The Kier molecular flexibility index (Phi) is 5.27. The van der Waals surface area contributed by atoms with Crippen LogP contribution < -0.4 is 10.6 Å². The number of aryl methyl sites for hydroxylation is 1. The highest BCUT2D eigenvalue weighted by Gasteiger charge is 2.23. The molecule has 1 aromatic heterocycles. The van der Waals surface area contributed by atoms with E-state index in [0.717, 1.165) is 31.3 Å². The fraction of sp³-hybridized carbons (Fsp3) is 0.474. The van der Waals surface area contributed by atoms with Crippen LogP contribution in [0.4, 0.5) is 5.13 Å². The number of thiazole rings is 1. The maximum Gasteiger partial charge on any atom is 0.191 e. The van der Waals surface area contributed by atoms with Crippen molar-refractivity contribution in [1.82, 2.24) is 9.88 Å². The molecule has 5 nitrogen and oxygen atoms in total. The highest BCUT2D eigenvalue weighted by Crippen LogP contribution is 2.24. The van der Waals surface area contributed by atoms with Crippen LogP contribution in [0.25, 0.3) is 0 Å². The second-order valence-electron chi connectivity index (χ2n) is 7.22. The van der Waals surface area contributed by atoms with Gasteiger partial charge in [-0.15, -0.1) is 11.3 Å². The van der Waals surface area contributed by atoms with E-state index in [1.54, 1.807) is 11.3 Å². The number of aromatic nitrogens is 1. The number of benzene rings is 1. The summed E-state index contributed by atoms with van der Waals surface area (Å²) < 4.78 is 0. The van der Waals surface area contributed by atoms with Crippen molar-refractivity contribution in [2.45, 2.75) is 26.2 Å². The number of guanidine groups is 1. The topological polar surface area (TPSA) is 57.8 Å². The lowest BCUT2D eigenvalue weighted by Crippen LogP contribution is -2.51. The lowest BCUT2D eigenvalue weighted by atomic mass is 9.84. The van der Waals surface area contributed by atoms with Crippen LogP contribution in [-0.2, 0) is 5.41 Å². The Bertz CT molecular complexity index is 715. The Labute approximate surface area is 154 Å².